The molecule has 0 saturated heterocycles. The lowest BCUT2D eigenvalue weighted by atomic mass is 9.84. The Morgan fingerprint density at radius 2 is 2.03 bits per heavy atom. The normalized spacial score (nSPS) is 14.8. The average Bonchev–Trinajstić information content (AvgIpc) is 3.09. The second-order valence-corrected chi connectivity index (χ2v) is 9.69. The lowest BCUT2D eigenvalue weighted by Crippen LogP contribution is -2.36. The number of aryl methyl sites for hydroxylation is 1. The first kappa shape index (κ1) is 22.2. The molecule has 2 aromatic carbocycles. The van der Waals surface area contributed by atoms with Crippen LogP contribution in [0.3, 0.4) is 0 Å². The Balaban J connectivity index is 1.65. The smallest absolute Gasteiger partial charge is 0.223 e. The van der Waals surface area contributed by atoms with Gasteiger partial charge in [0.2, 0.25) is 5.91 Å². The number of benzene rings is 2. The number of amides is 1. The molecular formula is C23H24Cl2N4OS. The van der Waals surface area contributed by atoms with Crippen molar-refractivity contribution >= 4 is 40.9 Å². The minimum Gasteiger partial charge on any atom is -0.346 e. The molecule has 0 aliphatic heterocycles. The molecule has 1 unspecified atom stereocenters. The molecule has 1 fully saturated rings. The SMILES string of the molecule is Cc1cccc(CSc2nnc(C(C)NC(=O)C3CCC3)n2-c2ccc(Cl)cc2Cl)c1. The lowest BCUT2D eigenvalue weighted by Gasteiger charge is -2.26. The maximum absolute atomic E-state index is 12.5. The molecule has 8 heteroatoms. The van der Waals surface area contributed by atoms with Gasteiger partial charge in [0.25, 0.3) is 0 Å². The molecule has 1 saturated carbocycles. The molecule has 1 aliphatic carbocycles. The zero-order valence-electron chi connectivity index (χ0n) is 17.4. The summed E-state index contributed by atoms with van der Waals surface area (Å²) in [6.45, 7) is 4.00. The van der Waals surface area contributed by atoms with Gasteiger partial charge in [-0.1, -0.05) is 71.2 Å². The molecular weight excluding hydrogens is 451 g/mol. The zero-order valence-corrected chi connectivity index (χ0v) is 19.8. The monoisotopic (exact) mass is 474 g/mol. The molecule has 162 valence electrons. The van der Waals surface area contributed by atoms with E-state index in [-0.39, 0.29) is 17.9 Å². The van der Waals surface area contributed by atoms with E-state index in [4.69, 9.17) is 23.2 Å². The fourth-order valence-electron chi connectivity index (χ4n) is 3.56. The number of hydrogen-bond donors (Lipinski definition) is 1. The zero-order chi connectivity index (χ0) is 22.0. The van der Waals surface area contributed by atoms with Gasteiger partial charge in [0.1, 0.15) is 0 Å². The number of nitrogens with zero attached hydrogens (tertiary/aromatic N) is 3. The Kier molecular flexibility index (Phi) is 6.89. The van der Waals surface area contributed by atoms with E-state index >= 15 is 0 Å². The first-order chi connectivity index (χ1) is 14.9. The van der Waals surface area contributed by atoms with E-state index in [0.717, 1.165) is 30.7 Å². The summed E-state index contributed by atoms with van der Waals surface area (Å²) in [7, 11) is 0. The van der Waals surface area contributed by atoms with Crippen molar-refractivity contribution in [1.82, 2.24) is 20.1 Å². The highest BCUT2D eigenvalue weighted by Gasteiger charge is 2.28. The van der Waals surface area contributed by atoms with Crippen LogP contribution in [-0.4, -0.2) is 20.7 Å². The minimum absolute atomic E-state index is 0.0736. The summed E-state index contributed by atoms with van der Waals surface area (Å²) in [5.41, 5.74) is 3.16. The molecule has 3 aromatic rings. The summed E-state index contributed by atoms with van der Waals surface area (Å²) >= 11 is 14.2. The summed E-state index contributed by atoms with van der Waals surface area (Å²) in [5.74, 6) is 1.56. The molecule has 4 rings (SSSR count). The fraction of sp³-hybridized carbons (Fsp3) is 0.348. The molecule has 0 bridgehead atoms. The number of carbonyl (C=O) groups is 1. The molecule has 31 heavy (non-hydrogen) atoms. The van der Waals surface area contributed by atoms with Crippen LogP contribution < -0.4 is 5.32 Å². The van der Waals surface area contributed by atoms with Crippen LogP contribution in [0, 0.1) is 12.8 Å². The highest BCUT2D eigenvalue weighted by Crippen LogP contribution is 2.33. The van der Waals surface area contributed by atoms with E-state index in [1.807, 2.05) is 17.6 Å². The van der Waals surface area contributed by atoms with Crippen molar-refractivity contribution in [3.05, 3.63) is 69.5 Å². The van der Waals surface area contributed by atoms with Gasteiger partial charge in [0.05, 0.1) is 16.8 Å². The number of nitrogens with one attached hydrogen (secondary N) is 1. The number of hydrogen-bond acceptors (Lipinski definition) is 4. The summed E-state index contributed by atoms with van der Waals surface area (Å²) < 4.78 is 1.92. The minimum atomic E-state index is -0.305. The second kappa shape index (κ2) is 9.63. The summed E-state index contributed by atoms with van der Waals surface area (Å²) in [5, 5.41) is 13.7. The quantitative estimate of drug-likeness (QED) is 0.417. The third-order valence-corrected chi connectivity index (χ3v) is 7.02. The number of halogens is 2. The topological polar surface area (TPSA) is 59.8 Å². The van der Waals surface area contributed by atoms with Crippen LogP contribution in [0.5, 0.6) is 0 Å². The van der Waals surface area contributed by atoms with Crippen LogP contribution in [0.4, 0.5) is 0 Å². The van der Waals surface area contributed by atoms with Gasteiger partial charge in [-0.25, -0.2) is 0 Å². The molecule has 0 spiro atoms. The maximum atomic E-state index is 12.5. The van der Waals surface area contributed by atoms with Crippen molar-refractivity contribution in [2.45, 2.75) is 50.1 Å². The highest BCUT2D eigenvalue weighted by atomic mass is 35.5. The first-order valence-corrected chi connectivity index (χ1v) is 12.1. The van der Waals surface area contributed by atoms with E-state index < -0.39 is 0 Å². The molecule has 0 radical (unpaired) electrons. The fourth-order valence-corrected chi connectivity index (χ4v) is 4.95. The first-order valence-electron chi connectivity index (χ1n) is 10.3. The van der Waals surface area contributed by atoms with Crippen LogP contribution in [0.25, 0.3) is 5.69 Å². The number of thioether (sulfide) groups is 1. The molecule has 1 aromatic heterocycles. The van der Waals surface area contributed by atoms with Gasteiger partial charge in [-0.2, -0.15) is 0 Å². The highest BCUT2D eigenvalue weighted by molar-refractivity contribution is 7.98. The number of rotatable bonds is 7. The van der Waals surface area contributed by atoms with Gasteiger partial charge in [-0.3, -0.25) is 9.36 Å². The average molecular weight is 475 g/mol. The van der Waals surface area contributed by atoms with Crippen molar-refractivity contribution in [2.24, 2.45) is 5.92 Å². The van der Waals surface area contributed by atoms with E-state index in [9.17, 15) is 4.79 Å². The van der Waals surface area contributed by atoms with E-state index in [1.165, 1.54) is 11.1 Å². The second-order valence-electron chi connectivity index (χ2n) is 7.91. The summed E-state index contributed by atoms with van der Waals surface area (Å²) in [6.07, 6.45) is 3.01. The van der Waals surface area contributed by atoms with Crippen molar-refractivity contribution in [3.8, 4) is 5.69 Å². The van der Waals surface area contributed by atoms with Crippen LogP contribution >= 0.6 is 35.0 Å². The lowest BCUT2D eigenvalue weighted by molar-refractivity contribution is -0.128. The number of aromatic nitrogens is 3. The van der Waals surface area contributed by atoms with Crippen molar-refractivity contribution in [1.29, 1.82) is 0 Å². The molecule has 1 atom stereocenters. The van der Waals surface area contributed by atoms with Gasteiger partial charge in [-0.15, -0.1) is 10.2 Å². The largest absolute Gasteiger partial charge is 0.346 e. The Bertz CT molecular complexity index is 1100. The Labute approximate surface area is 196 Å². The van der Waals surface area contributed by atoms with Crippen molar-refractivity contribution in [2.75, 3.05) is 0 Å². The third-order valence-electron chi connectivity index (χ3n) is 5.48. The maximum Gasteiger partial charge on any atom is 0.223 e. The van der Waals surface area contributed by atoms with Crippen molar-refractivity contribution in [3.63, 3.8) is 0 Å². The van der Waals surface area contributed by atoms with Crippen molar-refractivity contribution < 1.29 is 4.79 Å². The third kappa shape index (κ3) is 5.08. The summed E-state index contributed by atoms with van der Waals surface area (Å²) in [4.78, 5) is 12.5. The molecule has 1 amide bonds. The van der Waals surface area contributed by atoms with Gasteiger partial charge >= 0.3 is 0 Å². The van der Waals surface area contributed by atoms with Crippen LogP contribution in [-0.2, 0) is 10.5 Å². The molecule has 1 aliphatic rings. The van der Waals surface area contributed by atoms with Gasteiger partial charge in [0.15, 0.2) is 11.0 Å². The van der Waals surface area contributed by atoms with E-state index in [2.05, 4.69) is 46.7 Å². The van der Waals surface area contributed by atoms with Gasteiger partial charge in [-0.05, 0) is 50.5 Å². The Morgan fingerprint density at radius 1 is 1.23 bits per heavy atom. The Hall–Kier alpha value is -2.02. The van der Waals surface area contributed by atoms with E-state index in [0.29, 0.717) is 21.0 Å². The van der Waals surface area contributed by atoms with Crippen LogP contribution in [0.1, 0.15) is 49.2 Å². The standard InChI is InChI=1S/C23H24Cl2N4OS/c1-14-5-3-6-16(11-14)13-31-23-28-27-21(15(2)26-22(30)17-7-4-8-17)29(23)20-10-9-18(24)12-19(20)25/h3,5-6,9-12,15,17H,4,7-8,13H2,1-2H3,(H,26,30). The van der Waals surface area contributed by atoms with E-state index in [1.54, 1.807) is 23.9 Å². The summed E-state index contributed by atoms with van der Waals surface area (Å²) in [6, 6.07) is 13.4. The molecule has 1 heterocycles. The van der Waals surface area contributed by atoms with Gasteiger partial charge < -0.3 is 5.32 Å². The van der Waals surface area contributed by atoms with Crippen LogP contribution in [0.2, 0.25) is 10.0 Å². The molecule has 5 nitrogen and oxygen atoms in total. The predicted molar refractivity (Wildman–Crippen MR) is 126 cm³/mol. The predicted octanol–water partition coefficient (Wildman–Crippen LogP) is 6.15. The molecule has 1 N–H and O–H groups in total. The number of carbonyl (C=O) groups excluding carboxylic acids is 1. The van der Waals surface area contributed by atoms with Gasteiger partial charge in [0, 0.05) is 16.7 Å². The van der Waals surface area contributed by atoms with Crippen LogP contribution in [0.15, 0.2) is 47.6 Å². The Morgan fingerprint density at radius 3 is 2.71 bits per heavy atom.